The maximum Gasteiger partial charge on any atom is 0.666 e. The zero-order chi connectivity index (χ0) is 16.8. The molecule has 8 heteroatoms. The van der Waals surface area contributed by atoms with E-state index in [9.17, 15) is 9.13 Å². The molecule has 3 rings (SSSR count). The van der Waals surface area contributed by atoms with Gasteiger partial charge in [-0.2, -0.15) is 0 Å². The summed E-state index contributed by atoms with van der Waals surface area (Å²) in [6, 6.07) is 18.2. The molecule has 124 valence electrons. The number of rotatable bonds is 6. The Bertz CT molecular complexity index is 630. The molecule has 2 atom stereocenters. The zero-order valence-corrected chi connectivity index (χ0v) is 14.8. The molecule has 2 aromatic carbocycles. The Kier molecular flexibility index (Phi) is 5.89. The standard InChI is InChI=1S/C16H18N2O4P2/c19-23(21-15-7-3-1-4-8-15)17-11-13-18(14-12-17)24(20)22-16-9-5-2-6-10-16/h1-10H,11-14H2/q+2. The fraction of sp³-hybridized carbons (Fsp3) is 0.250. The van der Waals surface area contributed by atoms with Crippen LogP contribution in [0.4, 0.5) is 0 Å². The van der Waals surface area contributed by atoms with Crippen molar-refractivity contribution in [1.29, 1.82) is 0 Å². The smallest absolute Gasteiger partial charge is 0.239 e. The lowest BCUT2D eigenvalue weighted by Gasteiger charge is -2.19. The van der Waals surface area contributed by atoms with Crippen LogP contribution in [0.1, 0.15) is 0 Å². The molecule has 2 unspecified atom stereocenters. The van der Waals surface area contributed by atoms with Crippen molar-refractivity contribution in [2.75, 3.05) is 26.2 Å². The summed E-state index contributed by atoms with van der Waals surface area (Å²) >= 11 is 0. The van der Waals surface area contributed by atoms with E-state index in [-0.39, 0.29) is 0 Å². The monoisotopic (exact) mass is 364 g/mol. The molecule has 0 radical (unpaired) electrons. The van der Waals surface area contributed by atoms with Crippen molar-refractivity contribution in [3.8, 4) is 11.5 Å². The van der Waals surface area contributed by atoms with Gasteiger partial charge < -0.3 is 0 Å². The molecule has 0 aliphatic carbocycles. The number of nitrogens with zero attached hydrogens (tertiary/aromatic N) is 2. The topological polar surface area (TPSA) is 59.1 Å². The minimum atomic E-state index is -1.94. The van der Waals surface area contributed by atoms with Crippen LogP contribution in [0.3, 0.4) is 0 Å². The molecule has 1 aliphatic rings. The summed E-state index contributed by atoms with van der Waals surface area (Å²) in [4.78, 5) is 0. The highest BCUT2D eigenvalue weighted by atomic mass is 31.1. The van der Waals surface area contributed by atoms with E-state index in [1.165, 1.54) is 0 Å². The van der Waals surface area contributed by atoms with Crippen LogP contribution in [-0.4, -0.2) is 35.5 Å². The van der Waals surface area contributed by atoms with E-state index < -0.39 is 16.4 Å². The maximum atomic E-state index is 12.3. The number of para-hydroxylation sites is 2. The van der Waals surface area contributed by atoms with Gasteiger partial charge in [0.2, 0.25) is 0 Å². The fourth-order valence-electron chi connectivity index (χ4n) is 2.27. The molecular formula is C16H18N2O4P2+2. The molecule has 0 spiro atoms. The number of hydrogen-bond donors (Lipinski definition) is 0. The van der Waals surface area contributed by atoms with Gasteiger partial charge in [-0.3, -0.25) is 0 Å². The molecular weight excluding hydrogens is 346 g/mol. The summed E-state index contributed by atoms with van der Waals surface area (Å²) in [6.07, 6.45) is 0. The lowest BCUT2D eigenvalue weighted by Crippen LogP contribution is -2.40. The third kappa shape index (κ3) is 4.59. The van der Waals surface area contributed by atoms with Crippen molar-refractivity contribution >= 4 is 16.4 Å². The molecule has 0 bridgehead atoms. The zero-order valence-electron chi connectivity index (χ0n) is 13.0. The highest BCUT2D eigenvalue weighted by molar-refractivity contribution is 7.37. The van der Waals surface area contributed by atoms with Crippen molar-refractivity contribution in [2.24, 2.45) is 0 Å². The highest BCUT2D eigenvalue weighted by Crippen LogP contribution is 2.36. The molecule has 1 saturated heterocycles. The minimum absolute atomic E-state index is 0.515. The molecule has 0 saturated carbocycles. The van der Waals surface area contributed by atoms with Gasteiger partial charge in [-0.1, -0.05) is 45.7 Å². The Balaban J connectivity index is 1.48. The summed E-state index contributed by atoms with van der Waals surface area (Å²) < 4.78 is 39.0. The molecule has 24 heavy (non-hydrogen) atoms. The van der Waals surface area contributed by atoms with E-state index in [4.69, 9.17) is 9.05 Å². The number of hydrogen-bond acceptors (Lipinski definition) is 4. The third-order valence-electron chi connectivity index (χ3n) is 3.55. The highest BCUT2D eigenvalue weighted by Gasteiger charge is 2.42. The molecule has 0 N–H and O–H groups in total. The third-order valence-corrected chi connectivity index (χ3v) is 6.01. The van der Waals surface area contributed by atoms with Gasteiger partial charge in [-0.05, 0) is 24.3 Å². The quantitative estimate of drug-likeness (QED) is 0.720. The summed E-state index contributed by atoms with van der Waals surface area (Å²) in [7, 11) is -3.88. The van der Waals surface area contributed by atoms with E-state index in [1.54, 1.807) is 33.6 Å². The molecule has 1 heterocycles. The second-order valence-electron chi connectivity index (χ2n) is 5.19. The lowest BCUT2D eigenvalue weighted by atomic mass is 10.3. The van der Waals surface area contributed by atoms with Crippen LogP contribution in [0.2, 0.25) is 0 Å². The lowest BCUT2D eigenvalue weighted by molar-refractivity contribution is 0.252. The SMILES string of the molecule is O=[P+](Oc1ccccc1)N1CCN([P+](=O)Oc2ccccc2)CC1. The maximum absolute atomic E-state index is 12.3. The average Bonchev–Trinajstić information content (AvgIpc) is 2.63. The van der Waals surface area contributed by atoms with Crippen LogP contribution in [-0.2, 0) is 9.13 Å². The van der Waals surface area contributed by atoms with Crippen molar-refractivity contribution in [1.82, 2.24) is 9.34 Å². The average molecular weight is 364 g/mol. The van der Waals surface area contributed by atoms with Crippen LogP contribution in [0.25, 0.3) is 0 Å². The van der Waals surface area contributed by atoms with E-state index >= 15 is 0 Å². The predicted molar refractivity (Wildman–Crippen MR) is 92.5 cm³/mol. The second kappa shape index (κ2) is 8.32. The summed E-state index contributed by atoms with van der Waals surface area (Å²) in [5, 5.41) is 0. The minimum Gasteiger partial charge on any atom is -0.239 e. The van der Waals surface area contributed by atoms with Gasteiger partial charge >= 0.3 is 16.4 Å². The summed E-state index contributed by atoms with van der Waals surface area (Å²) in [5.74, 6) is 1.17. The van der Waals surface area contributed by atoms with Gasteiger partial charge in [0.15, 0.2) is 11.5 Å². The number of benzene rings is 2. The Morgan fingerprint density at radius 2 is 0.958 bits per heavy atom. The molecule has 2 aromatic rings. The van der Waals surface area contributed by atoms with Gasteiger partial charge in [0.25, 0.3) is 0 Å². The molecule has 6 nitrogen and oxygen atoms in total. The molecule has 0 aromatic heterocycles. The van der Waals surface area contributed by atoms with E-state index in [0.29, 0.717) is 37.7 Å². The first-order valence-electron chi connectivity index (χ1n) is 7.62. The van der Waals surface area contributed by atoms with Gasteiger partial charge in [-0.25, -0.2) is 9.05 Å². The van der Waals surface area contributed by atoms with E-state index in [0.717, 1.165) is 0 Å². The predicted octanol–water partition coefficient (Wildman–Crippen LogP) is 4.08. The Hall–Kier alpha value is -1.84. The first-order valence-corrected chi connectivity index (χ1v) is 9.89. The molecule has 1 fully saturated rings. The van der Waals surface area contributed by atoms with Gasteiger partial charge in [0.1, 0.15) is 0 Å². The van der Waals surface area contributed by atoms with Crippen molar-refractivity contribution in [2.45, 2.75) is 0 Å². The Morgan fingerprint density at radius 1 is 0.625 bits per heavy atom. The van der Waals surface area contributed by atoms with Gasteiger partial charge in [-0.15, -0.1) is 0 Å². The summed E-state index contributed by atoms with van der Waals surface area (Å²) in [6.45, 7) is 2.06. The van der Waals surface area contributed by atoms with E-state index in [2.05, 4.69) is 0 Å². The Morgan fingerprint density at radius 3 is 1.29 bits per heavy atom. The van der Waals surface area contributed by atoms with Crippen molar-refractivity contribution < 1.29 is 18.2 Å². The summed E-state index contributed by atoms with van der Waals surface area (Å²) in [5.41, 5.74) is 0. The van der Waals surface area contributed by atoms with Crippen LogP contribution in [0.5, 0.6) is 11.5 Å². The first-order chi connectivity index (χ1) is 11.7. The van der Waals surface area contributed by atoms with Crippen LogP contribution >= 0.6 is 16.4 Å². The fourth-order valence-corrected chi connectivity index (χ4v) is 4.12. The largest absolute Gasteiger partial charge is 0.666 e. The molecule has 0 amide bonds. The van der Waals surface area contributed by atoms with Crippen molar-refractivity contribution in [3.05, 3.63) is 60.7 Å². The van der Waals surface area contributed by atoms with Crippen LogP contribution in [0, 0.1) is 0 Å². The second-order valence-corrected chi connectivity index (χ2v) is 7.64. The van der Waals surface area contributed by atoms with Gasteiger partial charge in [0.05, 0.1) is 26.2 Å². The number of piperazine rings is 1. The van der Waals surface area contributed by atoms with Crippen molar-refractivity contribution in [3.63, 3.8) is 0 Å². The van der Waals surface area contributed by atoms with Crippen LogP contribution in [0.15, 0.2) is 60.7 Å². The normalized spacial score (nSPS) is 17.2. The van der Waals surface area contributed by atoms with Crippen LogP contribution < -0.4 is 9.05 Å². The van der Waals surface area contributed by atoms with E-state index in [1.807, 2.05) is 36.4 Å². The first kappa shape index (κ1) is 17.0. The molecule has 1 aliphatic heterocycles. The van der Waals surface area contributed by atoms with Gasteiger partial charge in [0, 0.05) is 9.13 Å². The Labute approximate surface area is 142 Å².